The Bertz CT molecular complexity index is 268. The topological polar surface area (TPSA) is 58.6 Å². The number of hydrogen-bond donors (Lipinski definition) is 1. The van der Waals surface area contributed by atoms with Gasteiger partial charge in [0.15, 0.2) is 0 Å². The summed E-state index contributed by atoms with van der Waals surface area (Å²) in [7, 11) is 0. The molecule has 0 saturated carbocycles. The zero-order valence-corrected chi connectivity index (χ0v) is 10.7. The van der Waals surface area contributed by atoms with Gasteiger partial charge in [0, 0.05) is 26.1 Å². The maximum absolute atomic E-state index is 12.0. The van der Waals surface area contributed by atoms with Crippen LogP contribution in [-0.4, -0.2) is 49.1 Å². The second-order valence-corrected chi connectivity index (χ2v) is 4.16. The standard InChI is InChI=1S/C12H22N2O3/c1-3-5-6-11(15)14-8-7-13-9-10(14)12(16)17-4-2/h10,13H,3-9H2,1-2H3. The highest BCUT2D eigenvalue weighted by Gasteiger charge is 2.32. The van der Waals surface area contributed by atoms with E-state index in [0.29, 0.717) is 26.1 Å². The number of ether oxygens (including phenoxy) is 1. The van der Waals surface area contributed by atoms with E-state index >= 15 is 0 Å². The zero-order chi connectivity index (χ0) is 12.7. The quantitative estimate of drug-likeness (QED) is 0.715. The van der Waals surface area contributed by atoms with Crippen LogP contribution in [0.2, 0.25) is 0 Å². The Labute approximate surface area is 102 Å². The molecular formula is C12H22N2O3. The van der Waals surface area contributed by atoms with Gasteiger partial charge >= 0.3 is 5.97 Å². The minimum absolute atomic E-state index is 0.0615. The van der Waals surface area contributed by atoms with E-state index in [1.54, 1.807) is 11.8 Å². The Morgan fingerprint density at radius 1 is 1.41 bits per heavy atom. The first-order chi connectivity index (χ1) is 8.20. The fourth-order valence-electron chi connectivity index (χ4n) is 1.92. The number of esters is 1. The van der Waals surface area contributed by atoms with E-state index in [4.69, 9.17) is 4.74 Å². The molecule has 17 heavy (non-hydrogen) atoms. The van der Waals surface area contributed by atoms with Crippen LogP contribution in [-0.2, 0) is 14.3 Å². The van der Waals surface area contributed by atoms with Crippen molar-refractivity contribution in [2.24, 2.45) is 0 Å². The van der Waals surface area contributed by atoms with Gasteiger partial charge in [0.2, 0.25) is 5.91 Å². The molecule has 1 unspecified atom stereocenters. The van der Waals surface area contributed by atoms with Crippen LogP contribution in [0.3, 0.4) is 0 Å². The smallest absolute Gasteiger partial charge is 0.330 e. The monoisotopic (exact) mass is 242 g/mol. The summed E-state index contributed by atoms with van der Waals surface area (Å²) < 4.78 is 4.99. The molecule has 5 nitrogen and oxygen atoms in total. The van der Waals surface area contributed by atoms with Gasteiger partial charge in [-0.1, -0.05) is 13.3 Å². The van der Waals surface area contributed by atoms with Crippen LogP contribution in [0.5, 0.6) is 0 Å². The highest BCUT2D eigenvalue weighted by Crippen LogP contribution is 2.09. The minimum atomic E-state index is -0.451. The number of piperazine rings is 1. The molecule has 0 bridgehead atoms. The third-order valence-corrected chi connectivity index (χ3v) is 2.87. The average Bonchev–Trinajstić information content (AvgIpc) is 2.36. The van der Waals surface area contributed by atoms with Crippen LogP contribution < -0.4 is 5.32 Å². The SMILES string of the molecule is CCCCC(=O)N1CCNCC1C(=O)OCC. The molecule has 5 heteroatoms. The zero-order valence-electron chi connectivity index (χ0n) is 10.7. The first-order valence-electron chi connectivity index (χ1n) is 6.37. The number of carbonyl (C=O) groups excluding carboxylic acids is 2. The van der Waals surface area contributed by atoms with Crippen molar-refractivity contribution in [1.82, 2.24) is 10.2 Å². The van der Waals surface area contributed by atoms with Crippen LogP contribution in [0.15, 0.2) is 0 Å². The van der Waals surface area contributed by atoms with Crippen molar-refractivity contribution >= 4 is 11.9 Å². The molecule has 1 heterocycles. The second kappa shape index (κ2) is 7.27. The lowest BCUT2D eigenvalue weighted by Gasteiger charge is -2.34. The number of unbranched alkanes of at least 4 members (excludes halogenated alkanes) is 1. The Balaban J connectivity index is 2.58. The molecule has 1 N–H and O–H groups in total. The van der Waals surface area contributed by atoms with Crippen LogP contribution >= 0.6 is 0 Å². The Morgan fingerprint density at radius 2 is 2.18 bits per heavy atom. The summed E-state index contributed by atoms with van der Waals surface area (Å²) in [5.41, 5.74) is 0. The van der Waals surface area contributed by atoms with E-state index in [9.17, 15) is 9.59 Å². The van der Waals surface area contributed by atoms with Crippen molar-refractivity contribution in [3.63, 3.8) is 0 Å². The van der Waals surface area contributed by atoms with Crippen molar-refractivity contribution in [1.29, 1.82) is 0 Å². The lowest BCUT2D eigenvalue weighted by molar-refractivity contribution is -0.155. The van der Waals surface area contributed by atoms with Gasteiger partial charge in [-0.25, -0.2) is 4.79 Å². The summed E-state index contributed by atoms with van der Waals surface area (Å²) in [6.07, 6.45) is 2.38. The summed E-state index contributed by atoms with van der Waals surface area (Å²) in [4.78, 5) is 25.4. The van der Waals surface area contributed by atoms with Gasteiger partial charge in [-0.3, -0.25) is 4.79 Å². The molecule has 0 aliphatic carbocycles. The van der Waals surface area contributed by atoms with Gasteiger partial charge in [-0.2, -0.15) is 0 Å². The number of hydrogen-bond acceptors (Lipinski definition) is 4. The number of amides is 1. The minimum Gasteiger partial charge on any atom is -0.464 e. The lowest BCUT2D eigenvalue weighted by atomic mass is 10.1. The molecule has 0 spiro atoms. The number of carbonyl (C=O) groups is 2. The molecule has 0 aromatic rings. The van der Waals surface area contributed by atoms with Gasteiger partial charge in [0.05, 0.1) is 6.61 Å². The molecular weight excluding hydrogens is 220 g/mol. The molecule has 1 amide bonds. The number of nitrogens with zero attached hydrogens (tertiary/aromatic N) is 1. The summed E-state index contributed by atoms with van der Waals surface area (Å²) in [6, 6.07) is -0.451. The summed E-state index contributed by atoms with van der Waals surface area (Å²) >= 11 is 0. The van der Waals surface area contributed by atoms with E-state index in [1.165, 1.54) is 0 Å². The van der Waals surface area contributed by atoms with Crippen molar-refractivity contribution in [3.8, 4) is 0 Å². The summed E-state index contributed by atoms with van der Waals surface area (Å²) in [6.45, 7) is 6.01. The van der Waals surface area contributed by atoms with Gasteiger partial charge in [0.25, 0.3) is 0 Å². The van der Waals surface area contributed by atoms with Gasteiger partial charge in [-0.15, -0.1) is 0 Å². The molecule has 1 rings (SSSR count). The van der Waals surface area contributed by atoms with Gasteiger partial charge in [0.1, 0.15) is 6.04 Å². The van der Waals surface area contributed by atoms with E-state index in [-0.39, 0.29) is 11.9 Å². The second-order valence-electron chi connectivity index (χ2n) is 4.16. The molecule has 1 fully saturated rings. The van der Waals surface area contributed by atoms with Crippen LogP contribution in [0, 0.1) is 0 Å². The fraction of sp³-hybridized carbons (Fsp3) is 0.833. The Kier molecular flexibility index (Phi) is 5.97. The molecule has 1 atom stereocenters. The van der Waals surface area contributed by atoms with E-state index in [2.05, 4.69) is 5.32 Å². The molecule has 1 aliphatic heterocycles. The first kappa shape index (κ1) is 14.0. The van der Waals surface area contributed by atoms with Crippen LogP contribution in [0.25, 0.3) is 0 Å². The number of rotatable bonds is 5. The van der Waals surface area contributed by atoms with Gasteiger partial charge < -0.3 is 15.0 Å². The first-order valence-corrected chi connectivity index (χ1v) is 6.37. The van der Waals surface area contributed by atoms with Crippen molar-refractivity contribution in [2.75, 3.05) is 26.2 Å². The summed E-state index contributed by atoms with van der Waals surface area (Å²) in [5.74, 6) is -0.240. The van der Waals surface area contributed by atoms with Crippen molar-refractivity contribution in [2.45, 2.75) is 39.2 Å². The maximum atomic E-state index is 12.0. The molecule has 0 radical (unpaired) electrons. The predicted octanol–water partition coefficient (Wildman–Crippen LogP) is 0.540. The average molecular weight is 242 g/mol. The van der Waals surface area contributed by atoms with Crippen molar-refractivity contribution < 1.29 is 14.3 Å². The highest BCUT2D eigenvalue weighted by molar-refractivity contribution is 5.85. The highest BCUT2D eigenvalue weighted by atomic mass is 16.5. The lowest BCUT2D eigenvalue weighted by Crippen LogP contribution is -2.57. The third kappa shape index (κ3) is 4.00. The Hall–Kier alpha value is -1.10. The summed E-state index contributed by atoms with van der Waals surface area (Å²) in [5, 5.41) is 3.12. The van der Waals surface area contributed by atoms with E-state index in [1.807, 2.05) is 6.92 Å². The molecule has 1 saturated heterocycles. The van der Waals surface area contributed by atoms with E-state index < -0.39 is 6.04 Å². The normalized spacial score (nSPS) is 20.1. The third-order valence-electron chi connectivity index (χ3n) is 2.87. The molecule has 98 valence electrons. The van der Waals surface area contributed by atoms with E-state index in [0.717, 1.165) is 19.4 Å². The Morgan fingerprint density at radius 3 is 2.82 bits per heavy atom. The predicted molar refractivity (Wildman–Crippen MR) is 64.5 cm³/mol. The van der Waals surface area contributed by atoms with Gasteiger partial charge in [-0.05, 0) is 13.3 Å². The van der Waals surface area contributed by atoms with Crippen molar-refractivity contribution in [3.05, 3.63) is 0 Å². The van der Waals surface area contributed by atoms with Crippen LogP contribution in [0.1, 0.15) is 33.1 Å². The molecule has 1 aliphatic rings. The van der Waals surface area contributed by atoms with Crippen LogP contribution in [0.4, 0.5) is 0 Å². The largest absolute Gasteiger partial charge is 0.464 e. The maximum Gasteiger partial charge on any atom is 0.330 e. The fourth-order valence-corrected chi connectivity index (χ4v) is 1.92. The molecule has 0 aromatic heterocycles. The molecule has 0 aromatic carbocycles. The number of nitrogens with one attached hydrogen (secondary N) is 1.